The van der Waals surface area contributed by atoms with Crippen LogP contribution in [0.25, 0.3) is 0 Å². The molecule has 2 aromatic carbocycles. The van der Waals surface area contributed by atoms with Gasteiger partial charge in [-0.15, -0.1) is 0 Å². The van der Waals surface area contributed by atoms with Crippen molar-refractivity contribution in [1.82, 2.24) is 5.32 Å². The SMILES string of the molecule is CN(C(=O)Nc1cccc(Cl)c1)c1ccccc1C(=O)NC1CCCCC1. The van der Waals surface area contributed by atoms with Crippen LogP contribution in [0.2, 0.25) is 5.02 Å². The van der Waals surface area contributed by atoms with Crippen LogP contribution in [0.5, 0.6) is 0 Å². The maximum Gasteiger partial charge on any atom is 0.326 e. The van der Waals surface area contributed by atoms with Crippen molar-refractivity contribution in [3.05, 3.63) is 59.1 Å². The molecular formula is C21H24ClN3O2. The minimum atomic E-state index is -0.338. The van der Waals surface area contributed by atoms with Crippen LogP contribution in [0.1, 0.15) is 42.5 Å². The van der Waals surface area contributed by atoms with E-state index in [1.165, 1.54) is 11.3 Å². The second kappa shape index (κ2) is 8.91. The van der Waals surface area contributed by atoms with Crippen LogP contribution in [0.3, 0.4) is 0 Å². The molecule has 0 aromatic heterocycles. The molecule has 2 aromatic rings. The van der Waals surface area contributed by atoms with Gasteiger partial charge in [0.2, 0.25) is 0 Å². The van der Waals surface area contributed by atoms with Crippen molar-refractivity contribution < 1.29 is 9.59 Å². The van der Waals surface area contributed by atoms with Crippen LogP contribution in [-0.2, 0) is 0 Å². The van der Waals surface area contributed by atoms with E-state index < -0.39 is 0 Å². The van der Waals surface area contributed by atoms with E-state index in [1.807, 2.05) is 12.1 Å². The number of hydrogen-bond donors (Lipinski definition) is 2. The van der Waals surface area contributed by atoms with Crippen molar-refractivity contribution in [3.63, 3.8) is 0 Å². The zero-order valence-electron chi connectivity index (χ0n) is 15.4. The van der Waals surface area contributed by atoms with E-state index in [4.69, 9.17) is 11.6 Å². The van der Waals surface area contributed by atoms with E-state index in [0.717, 1.165) is 25.7 Å². The van der Waals surface area contributed by atoms with Gasteiger partial charge in [-0.25, -0.2) is 4.79 Å². The van der Waals surface area contributed by atoms with Crippen molar-refractivity contribution in [2.45, 2.75) is 38.1 Å². The lowest BCUT2D eigenvalue weighted by atomic mass is 9.95. The van der Waals surface area contributed by atoms with Crippen molar-refractivity contribution >= 4 is 34.9 Å². The van der Waals surface area contributed by atoms with Crippen LogP contribution in [0.4, 0.5) is 16.2 Å². The number of carbonyl (C=O) groups excluding carboxylic acids is 2. The minimum absolute atomic E-state index is 0.139. The summed E-state index contributed by atoms with van der Waals surface area (Å²) < 4.78 is 0. The standard InChI is InChI=1S/C21H24ClN3O2/c1-25(21(27)24-17-11-7-8-15(22)14-17)19-13-6-5-12-18(19)20(26)23-16-9-3-2-4-10-16/h5-8,11-14,16H,2-4,9-10H2,1H3,(H,23,26)(H,24,27). The number of benzene rings is 2. The molecule has 0 radical (unpaired) electrons. The maximum absolute atomic E-state index is 12.8. The molecule has 1 aliphatic rings. The third kappa shape index (κ3) is 5.01. The Balaban J connectivity index is 1.73. The Labute approximate surface area is 164 Å². The second-order valence-electron chi connectivity index (χ2n) is 6.83. The van der Waals surface area contributed by atoms with Gasteiger partial charge in [0.25, 0.3) is 5.91 Å². The predicted octanol–water partition coefficient (Wildman–Crippen LogP) is 5.07. The van der Waals surface area contributed by atoms with Crippen LogP contribution in [-0.4, -0.2) is 25.0 Å². The first-order valence-electron chi connectivity index (χ1n) is 9.25. The highest BCUT2D eigenvalue weighted by Crippen LogP contribution is 2.23. The number of amides is 3. The number of para-hydroxylation sites is 1. The van der Waals surface area contributed by atoms with Gasteiger partial charge in [0.1, 0.15) is 0 Å². The molecule has 6 heteroatoms. The predicted molar refractivity (Wildman–Crippen MR) is 110 cm³/mol. The molecule has 0 heterocycles. The Hall–Kier alpha value is -2.53. The quantitative estimate of drug-likeness (QED) is 0.771. The fraction of sp³-hybridized carbons (Fsp3) is 0.333. The molecule has 0 spiro atoms. The number of halogens is 1. The lowest BCUT2D eigenvalue weighted by molar-refractivity contribution is 0.0928. The number of urea groups is 1. The second-order valence-corrected chi connectivity index (χ2v) is 7.26. The van der Waals surface area contributed by atoms with Gasteiger partial charge in [0.05, 0.1) is 11.3 Å². The zero-order valence-corrected chi connectivity index (χ0v) is 16.1. The molecule has 142 valence electrons. The van der Waals surface area contributed by atoms with E-state index in [1.54, 1.807) is 43.4 Å². The normalized spacial score (nSPS) is 14.4. The van der Waals surface area contributed by atoms with E-state index in [9.17, 15) is 9.59 Å². The fourth-order valence-electron chi connectivity index (χ4n) is 3.35. The molecule has 1 aliphatic carbocycles. The Morgan fingerprint density at radius 3 is 2.52 bits per heavy atom. The van der Waals surface area contributed by atoms with Gasteiger partial charge in [-0.3, -0.25) is 9.69 Å². The zero-order chi connectivity index (χ0) is 19.2. The summed E-state index contributed by atoms with van der Waals surface area (Å²) in [6, 6.07) is 14.0. The molecule has 3 rings (SSSR count). The van der Waals surface area contributed by atoms with E-state index in [0.29, 0.717) is 22.0 Å². The average molecular weight is 386 g/mol. The smallest absolute Gasteiger partial charge is 0.326 e. The van der Waals surface area contributed by atoms with E-state index >= 15 is 0 Å². The Kier molecular flexibility index (Phi) is 6.35. The first-order chi connectivity index (χ1) is 13.0. The highest BCUT2D eigenvalue weighted by atomic mass is 35.5. The molecule has 2 N–H and O–H groups in total. The molecule has 5 nitrogen and oxygen atoms in total. The minimum Gasteiger partial charge on any atom is -0.349 e. The van der Waals surface area contributed by atoms with Crippen molar-refractivity contribution in [2.24, 2.45) is 0 Å². The molecule has 27 heavy (non-hydrogen) atoms. The molecule has 1 saturated carbocycles. The molecule has 0 bridgehead atoms. The summed E-state index contributed by atoms with van der Waals surface area (Å²) in [5, 5.41) is 6.46. The molecule has 0 saturated heterocycles. The van der Waals surface area contributed by atoms with Crippen LogP contribution >= 0.6 is 11.6 Å². The summed E-state index contributed by atoms with van der Waals surface area (Å²) in [7, 11) is 1.65. The monoisotopic (exact) mass is 385 g/mol. The van der Waals surface area contributed by atoms with Gasteiger partial charge in [-0.1, -0.05) is 49.1 Å². The van der Waals surface area contributed by atoms with Crippen LogP contribution < -0.4 is 15.5 Å². The summed E-state index contributed by atoms with van der Waals surface area (Å²) in [6.45, 7) is 0. The summed E-state index contributed by atoms with van der Waals surface area (Å²) >= 11 is 5.97. The third-order valence-electron chi connectivity index (χ3n) is 4.83. The number of nitrogens with zero attached hydrogens (tertiary/aromatic N) is 1. The number of nitrogens with one attached hydrogen (secondary N) is 2. The first-order valence-corrected chi connectivity index (χ1v) is 9.62. The molecule has 0 atom stereocenters. The average Bonchev–Trinajstić information content (AvgIpc) is 2.68. The molecule has 1 fully saturated rings. The van der Waals surface area contributed by atoms with Crippen molar-refractivity contribution in [3.8, 4) is 0 Å². The summed E-state index contributed by atoms with van der Waals surface area (Å²) in [5.74, 6) is -0.139. The highest BCUT2D eigenvalue weighted by Gasteiger charge is 2.21. The lowest BCUT2D eigenvalue weighted by Crippen LogP contribution is -2.38. The van der Waals surface area contributed by atoms with E-state index in [-0.39, 0.29) is 18.0 Å². The van der Waals surface area contributed by atoms with Gasteiger partial charge in [0, 0.05) is 23.8 Å². The Bertz CT molecular complexity index is 819. The third-order valence-corrected chi connectivity index (χ3v) is 5.07. The molecular weight excluding hydrogens is 362 g/mol. The van der Waals surface area contributed by atoms with Crippen LogP contribution in [0.15, 0.2) is 48.5 Å². The van der Waals surface area contributed by atoms with E-state index in [2.05, 4.69) is 10.6 Å². The van der Waals surface area contributed by atoms with Crippen LogP contribution in [0, 0.1) is 0 Å². The Morgan fingerprint density at radius 2 is 1.78 bits per heavy atom. The number of hydrogen-bond acceptors (Lipinski definition) is 2. The summed E-state index contributed by atoms with van der Waals surface area (Å²) in [5.41, 5.74) is 1.65. The van der Waals surface area contributed by atoms with Gasteiger partial charge in [0.15, 0.2) is 0 Å². The van der Waals surface area contributed by atoms with Gasteiger partial charge < -0.3 is 10.6 Å². The van der Waals surface area contributed by atoms with Gasteiger partial charge in [-0.05, 0) is 43.2 Å². The largest absolute Gasteiger partial charge is 0.349 e. The first kappa shape index (κ1) is 19.2. The highest BCUT2D eigenvalue weighted by molar-refractivity contribution is 6.30. The summed E-state index contributed by atoms with van der Waals surface area (Å²) in [4.78, 5) is 26.8. The Morgan fingerprint density at radius 1 is 1.04 bits per heavy atom. The fourth-order valence-corrected chi connectivity index (χ4v) is 3.54. The summed E-state index contributed by atoms with van der Waals surface area (Å²) in [6.07, 6.45) is 5.55. The number of rotatable bonds is 4. The molecule has 0 aliphatic heterocycles. The van der Waals surface area contributed by atoms with Crippen molar-refractivity contribution in [2.75, 3.05) is 17.3 Å². The number of carbonyl (C=O) groups is 2. The van der Waals surface area contributed by atoms with Crippen molar-refractivity contribution in [1.29, 1.82) is 0 Å². The molecule has 3 amide bonds. The van der Waals surface area contributed by atoms with Gasteiger partial charge >= 0.3 is 6.03 Å². The topological polar surface area (TPSA) is 61.4 Å². The maximum atomic E-state index is 12.8. The molecule has 0 unspecified atom stereocenters. The van der Waals surface area contributed by atoms with Gasteiger partial charge in [-0.2, -0.15) is 0 Å². The number of anilines is 2. The lowest BCUT2D eigenvalue weighted by Gasteiger charge is -2.25.